The highest BCUT2D eigenvalue weighted by Gasteiger charge is 2.33. The molecule has 6 nitrogen and oxygen atoms in total. The van der Waals surface area contributed by atoms with E-state index in [1.165, 1.54) is 0 Å². The fourth-order valence-corrected chi connectivity index (χ4v) is 2.64. The molecule has 2 aromatic rings. The Morgan fingerprint density at radius 1 is 0.969 bits per heavy atom. The third-order valence-electron chi connectivity index (χ3n) is 3.70. The highest BCUT2D eigenvalue weighted by molar-refractivity contribution is 9.10. The second kappa shape index (κ2) is 9.94. The molecule has 0 atom stereocenters. The minimum absolute atomic E-state index is 0.0266. The van der Waals surface area contributed by atoms with Crippen LogP contribution >= 0.6 is 15.9 Å². The summed E-state index contributed by atoms with van der Waals surface area (Å²) in [5.41, 5.74) is -2.46. The standard InChI is InChI=1S/C19H12BrF6NO5/c1-30-16(28)7-14(18(29)31-2)27-13-5-9(20)15(6-10(13)21)32-17-11(22)3-8(4-12(17)23)19(24,25)26/h3-7,27H,1-2H3/b14-7+. The number of alkyl halides is 3. The first-order valence-corrected chi connectivity index (χ1v) is 9.04. The summed E-state index contributed by atoms with van der Waals surface area (Å²) in [6.07, 6.45) is -4.30. The van der Waals surface area contributed by atoms with Crippen LogP contribution in [0.4, 0.5) is 32.0 Å². The number of ether oxygens (including phenoxy) is 3. The molecule has 13 heteroatoms. The topological polar surface area (TPSA) is 73.9 Å². The van der Waals surface area contributed by atoms with Crippen LogP contribution in [0.5, 0.6) is 11.5 Å². The molecule has 2 rings (SSSR count). The fourth-order valence-electron chi connectivity index (χ4n) is 2.21. The van der Waals surface area contributed by atoms with Crippen LogP contribution in [0.1, 0.15) is 5.56 Å². The van der Waals surface area contributed by atoms with Crippen molar-refractivity contribution in [1.82, 2.24) is 0 Å². The molecule has 0 unspecified atom stereocenters. The molecule has 0 heterocycles. The average Bonchev–Trinajstić information content (AvgIpc) is 2.71. The smallest absolute Gasteiger partial charge is 0.416 e. The van der Waals surface area contributed by atoms with Crippen molar-refractivity contribution in [2.75, 3.05) is 19.5 Å². The number of rotatable bonds is 6. The number of hydrogen-bond donors (Lipinski definition) is 1. The number of benzene rings is 2. The summed E-state index contributed by atoms with van der Waals surface area (Å²) in [6, 6.07) is 1.67. The van der Waals surface area contributed by atoms with Crippen molar-refractivity contribution in [2.24, 2.45) is 0 Å². The number of nitrogens with one attached hydrogen (secondary N) is 1. The van der Waals surface area contributed by atoms with E-state index in [1.54, 1.807) is 0 Å². The van der Waals surface area contributed by atoms with Crippen LogP contribution in [-0.4, -0.2) is 26.2 Å². The molecule has 0 radical (unpaired) electrons. The van der Waals surface area contributed by atoms with E-state index >= 15 is 0 Å². The van der Waals surface area contributed by atoms with E-state index in [-0.39, 0.29) is 16.6 Å². The van der Waals surface area contributed by atoms with Crippen molar-refractivity contribution < 1.29 is 50.1 Å². The van der Waals surface area contributed by atoms with Gasteiger partial charge in [-0.2, -0.15) is 13.2 Å². The van der Waals surface area contributed by atoms with Crippen LogP contribution in [0, 0.1) is 17.5 Å². The maximum atomic E-state index is 14.5. The molecule has 0 aromatic heterocycles. The molecule has 0 spiro atoms. The molecule has 32 heavy (non-hydrogen) atoms. The number of methoxy groups -OCH3 is 2. The molecule has 0 saturated carbocycles. The highest BCUT2D eigenvalue weighted by Crippen LogP contribution is 2.39. The number of halogens is 7. The fraction of sp³-hybridized carbons (Fsp3) is 0.158. The number of esters is 2. The van der Waals surface area contributed by atoms with Crippen LogP contribution in [0.25, 0.3) is 0 Å². The summed E-state index contributed by atoms with van der Waals surface area (Å²) < 4.78 is 94.1. The van der Waals surface area contributed by atoms with Gasteiger partial charge in [0.05, 0.1) is 36.0 Å². The summed E-state index contributed by atoms with van der Waals surface area (Å²) in [5, 5.41) is 2.29. The number of carbonyl (C=O) groups is 2. The first-order chi connectivity index (χ1) is 14.9. The van der Waals surface area contributed by atoms with Crippen molar-refractivity contribution in [1.29, 1.82) is 0 Å². The third kappa shape index (κ3) is 5.93. The van der Waals surface area contributed by atoms with E-state index in [2.05, 4.69) is 30.7 Å². The van der Waals surface area contributed by atoms with Crippen LogP contribution in [-0.2, 0) is 25.2 Å². The summed E-state index contributed by atoms with van der Waals surface area (Å²) in [4.78, 5) is 23.1. The van der Waals surface area contributed by atoms with Crippen LogP contribution in [0.2, 0.25) is 0 Å². The van der Waals surface area contributed by atoms with Gasteiger partial charge in [-0.1, -0.05) is 0 Å². The van der Waals surface area contributed by atoms with Gasteiger partial charge in [0, 0.05) is 6.07 Å². The van der Waals surface area contributed by atoms with Crippen LogP contribution in [0.3, 0.4) is 0 Å². The Kier molecular flexibility index (Phi) is 7.78. The molecule has 0 amide bonds. The van der Waals surface area contributed by atoms with Gasteiger partial charge in [-0.15, -0.1) is 0 Å². The van der Waals surface area contributed by atoms with Crippen LogP contribution in [0.15, 0.2) is 40.5 Å². The van der Waals surface area contributed by atoms with Gasteiger partial charge in [0.1, 0.15) is 17.3 Å². The lowest BCUT2D eigenvalue weighted by Crippen LogP contribution is -2.16. The molecule has 1 N–H and O–H groups in total. The maximum Gasteiger partial charge on any atom is 0.416 e. The van der Waals surface area contributed by atoms with E-state index in [1.807, 2.05) is 0 Å². The molecule has 0 aliphatic carbocycles. The van der Waals surface area contributed by atoms with Gasteiger partial charge in [0.2, 0.25) is 0 Å². The summed E-state index contributed by atoms with van der Waals surface area (Å²) >= 11 is 2.96. The zero-order chi connectivity index (χ0) is 24.2. The molecule has 0 aliphatic heterocycles. The summed E-state index contributed by atoms with van der Waals surface area (Å²) in [6.45, 7) is 0. The first kappa shape index (κ1) is 25.0. The normalized spacial score (nSPS) is 11.7. The SMILES string of the molecule is COC(=O)/C=C(/Nc1cc(Br)c(Oc2c(F)cc(C(F)(F)F)cc2F)cc1F)C(=O)OC. The quantitative estimate of drug-likeness (QED) is 0.311. The Bertz CT molecular complexity index is 1060. The second-order valence-electron chi connectivity index (χ2n) is 5.83. The van der Waals surface area contributed by atoms with E-state index in [0.717, 1.165) is 20.3 Å². The average molecular weight is 528 g/mol. The van der Waals surface area contributed by atoms with E-state index in [9.17, 15) is 35.9 Å². The zero-order valence-corrected chi connectivity index (χ0v) is 17.7. The largest absolute Gasteiger partial charge is 0.466 e. The van der Waals surface area contributed by atoms with Gasteiger partial charge in [0.15, 0.2) is 17.4 Å². The highest BCUT2D eigenvalue weighted by atomic mass is 79.9. The number of hydrogen-bond acceptors (Lipinski definition) is 6. The number of carbonyl (C=O) groups excluding carboxylic acids is 2. The molecular formula is C19H12BrF6NO5. The lowest BCUT2D eigenvalue weighted by molar-refractivity contribution is -0.138. The predicted octanol–water partition coefficient (Wildman–Crippen LogP) is 5.32. The van der Waals surface area contributed by atoms with Gasteiger partial charge in [-0.3, -0.25) is 0 Å². The van der Waals surface area contributed by atoms with Gasteiger partial charge in [-0.25, -0.2) is 22.8 Å². The van der Waals surface area contributed by atoms with Gasteiger partial charge >= 0.3 is 18.1 Å². The molecule has 2 aromatic carbocycles. The maximum absolute atomic E-state index is 14.5. The molecule has 0 bridgehead atoms. The summed E-state index contributed by atoms with van der Waals surface area (Å²) in [5.74, 6) is -8.13. The van der Waals surface area contributed by atoms with Gasteiger partial charge < -0.3 is 19.5 Å². The lowest BCUT2D eigenvalue weighted by Gasteiger charge is -2.15. The zero-order valence-electron chi connectivity index (χ0n) is 16.1. The van der Waals surface area contributed by atoms with Gasteiger partial charge in [-0.05, 0) is 34.1 Å². The van der Waals surface area contributed by atoms with Crippen molar-refractivity contribution in [3.05, 3.63) is 63.5 Å². The molecule has 0 saturated heterocycles. The minimum atomic E-state index is -4.99. The molecule has 0 aliphatic rings. The van der Waals surface area contributed by atoms with E-state index in [4.69, 9.17) is 4.74 Å². The van der Waals surface area contributed by atoms with Crippen molar-refractivity contribution in [3.63, 3.8) is 0 Å². The Hall–Kier alpha value is -3.22. The van der Waals surface area contributed by atoms with Gasteiger partial charge in [0.25, 0.3) is 0 Å². The Balaban J connectivity index is 2.39. The Morgan fingerprint density at radius 2 is 1.56 bits per heavy atom. The first-order valence-electron chi connectivity index (χ1n) is 8.25. The summed E-state index contributed by atoms with van der Waals surface area (Å²) in [7, 11) is 2.04. The van der Waals surface area contributed by atoms with Crippen molar-refractivity contribution >= 4 is 33.6 Å². The molecular weight excluding hydrogens is 516 g/mol. The van der Waals surface area contributed by atoms with E-state index in [0.29, 0.717) is 12.1 Å². The lowest BCUT2D eigenvalue weighted by atomic mass is 10.2. The Morgan fingerprint density at radius 3 is 2.06 bits per heavy atom. The minimum Gasteiger partial charge on any atom is -0.466 e. The van der Waals surface area contributed by atoms with Crippen molar-refractivity contribution in [2.45, 2.75) is 6.18 Å². The monoisotopic (exact) mass is 527 g/mol. The predicted molar refractivity (Wildman–Crippen MR) is 101 cm³/mol. The second-order valence-corrected chi connectivity index (χ2v) is 6.68. The molecule has 0 fully saturated rings. The third-order valence-corrected chi connectivity index (χ3v) is 4.32. The van der Waals surface area contributed by atoms with E-state index < -0.39 is 64.0 Å². The van der Waals surface area contributed by atoms with Crippen molar-refractivity contribution in [3.8, 4) is 11.5 Å². The Labute approximate surface area is 184 Å². The number of anilines is 1. The van der Waals surface area contributed by atoms with Crippen LogP contribution < -0.4 is 10.1 Å². The molecule has 172 valence electrons.